The summed E-state index contributed by atoms with van der Waals surface area (Å²) in [5.74, 6) is 1.27. The molecule has 1 aliphatic heterocycles. The first-order chi connectivity index (χ1) is 14.7. The molecule has 1 N–H and O–H groups in total. The summed E-state index contributed by atoms with van der Waals surface area (Å²) in [6, 6.07) is 19.8. The average molecular weight is 402 g/mol. The Morgan fingerprint density at radius 3 is 2.90 bits per heavy atom. The first kappa shape index (κ1) is 20.1. The third kappa shape index (κ3) is 5.24. The number of hydrogen-bond acceptors (Lipinski definition) is 4. The predicted molar refractivity (Wildman–Crippen MR) is 119 cm³/mol. The highest BCUT2D eigenvalue weighted by Gasteiger charge is 2.26. The van der Waals surface area contributed by atoms with Crippen LogP contribution in [0.1, 0.15) is 24.0 Å². The van der Waals surface area contributed by atoms with Crippen LogP contribution in [-0.4, -0.2) is 28.9 Å². The largest absolute Gasteiger partial charge is 0.454 e. The normalized spacial score (nSPS) is 16.8. The number of anilines is 1. The maximum atomic E-state index is 13.0. The van der Waals surface area contributed by atoms with E-state index in [2.05, 4.69) is 46.4 Å². The Labute approximate surface area is 177 Å². The van der Waals surface area contributed by atoms with E-state index in [1.807, 2.05) is 36.4 Å². The molecule has 1 amide bonds. The molecule has 1 saturated heterocycles. The number of hydrogen-bond donors (Lipinski definition) is 1. The summed E-state index contributed by atoms with van der Waals surface area (Å²) in [6.45, 7) is 4.79. The van der Waals surface area contributed by atoms with Crippen LogP contribution >= 0.6 is 0 Å². The maximum Gasteiger partial charge on any atom is 0.228 e. The number of benzene rings is 2. The predicted octanol–water partition coefficient (Wildman–Crippen LogP) is 5.03. The highest BCUT2D eigenvalue weighted by atomic mass is 16.5. The summed E-state index contributed by atoms with van der Waals surface area (Å²) in [7, 11) is 0. The van der Waals surface area contributed by atoms with Crippen molar-refractivity contribution in [2.45, 2.75) is 26.3 Å². The second kappa shape index (κ2) is 9.55. The van der Waals surface area contributed by atoms with Gasteiger partial charge in [-0.1, -0.05) is 42.0 Å². The average Bonchev–Trinajstić information content (AvgIpc) is 2.76. The number of aryl methyl sites for hydroxylation is 1. The summed E-state index contributed by atoms with van der Waals surface area (Å²) in [5, 5.41) is 3.08. The molecule has 1 atom stereocenters. The molecule has 0 saturated carbocycles. The molecule has 5 nitrogen and oxygen atoms in total. The first-order valence-corrected chi connectivity index (χ1v) is 10.4. The number of piperidine rings is 1. The van der Waals surface area contributed by atoms with E-state index in [1.165, 1.54) is 11.1 Å². The van der Waals surface area contributed by atoms with Gasteiger partial charge in [-0.05, 0) is 56.1 Å². The van der Waals surface area contributed by atoms with E-state index in [0.29, 0.717) is 17.2 Å². The molecular formula is C25H27N3O2. The third-order valence-corrected chi connectivity index (χ3v) is 5.37. The molecule has 5 heteroatoms. The van der Waals surface area contributed by atoms with Gasteiger partial charge in [0.15, 0.2) is 5.75 Å². The summed E-state index contributed by atoms with van der Waals surface area (Å²) in [6.07, 6.45) is 5.29. The van der Waals surface area contributed by atoms with Crippen LogP contribution in [0.2, 0.25) is 0 Å². The number of pyridine rings is 1. The summed E-state index contributed by atoms with van der Waals surface area (Å²) < 4.78 is 5.92. The molecule has 0 spiro atoms. The van der Waals surface area contributed by atoms with Gasteiger partial charge in [-0.25, -0.2) is 0 Å². The van der Waals surface area contributed by atoms with Crippen LogP contribution in [0.3, 0.4) is 0 Å². The molecule has 1 fully saturated rings. The number of ether oxygens (including phenoxy) is 1. The van der Waals surface area contributed by atoms with Crippen molar-refractivity contribution in [2.75, 3.05) is 18.4 Å². The fourth-order valence-electron chi connectivity index (χ4n) is 3.91. The zero-order chi connectivity index (χ0) is 20.8. The number of amides is 1. The Hall–Kier alpha value is -3.18. The van der Waals surface area contributed by atoms with Gasteiger partial charge >= 0.3 is 0 Å². The van der Waals surface area contributed by atoms with Gasteiger partial charge in [-0.15, -0.1) is 0 Å². The fraction of sp³-hybridized carbons (Fsp3) is 0.280. The van der Waals surface area contributed by atoms with Crippen molar-refractivity contribution in [3.8, 4) is 11.5 Å². The maximum absolute atomic E-state index is 13.0. The Kier molecular flexibility index (Phi) is 6.40. The molecule has 2 aromatic carbocycles. The van der Waals surface area contributed by atoms with Crippen molar-refractivity contribution < 1.29 is 9.53 Å². The second-order valence-electron chi connectivity index (χ2n) is 7.84. The lowest BCUT2D eigenvalue weighted by Gasteiger charge is -2.32. The molecule has 154 valence electrons. The van der Waals surface area contributed by atoms with Gasteiger partial charge in [0.2, 0.25) is 5.91 Å². The number of nitrogens with zero attached hydrogens (tertiary/aromatic N) is 2. The molecule has 1 aromatic heterocycles. The lowest BCUT2D eigenvalue weighted by molar-refractivity contribution is -0.121. The van der Waals surface area contributed by atoms with E-state index < -0.39 is 0 Å². The molecule has 30 heavy (non-hydrogen) atoms. The Morgan fingerprint density at radius 2 is 2.07 bits per heavy atom. The van der Waals surface area contributed by atoms with Crippen LogP contribution in [-0.2, 0) is 11.3 Å². The van der Waals surface area contributed by atoms with E-state index in [1.54, 1.807) is 12.4 Å². The van der Waals surface area contributed by atoms with Crippen molar-refractivity contribution >= 4 is 11.6 Å². The summed E-state index contributed by atoms with van der Waals surface area (Å²) in [5.41, 5.74) is 3.25. The highest BCUT2D eigenvalue weighted by molar-refractivity contribution is 5.94. The van der Waals surface area contributed by atoms with Crippen molar-refractivity contribution in [1.29, 1.82) is 0 Å². The number of para-hydroxylation sites is 2. The number of carbonyl (C=O) groups is 1. The topological polar surface area (TPSA) is 54.5 Å². The van der Waals surface area contributed by atoms with E-state index in [4.69, 9.17) is 4.74 Å². The smallest absolute Gasteiger partial charge is 0.228 e. The zero-order valence-electron chi connectivity index (χ0n) is 17.3. The highest BCUT2D eigenvalue weighted by Crippen LogP contribution is 2.30. The monoisotopic (exact) mass is 401 g/mol. The minimum atomic E-state index is -0.0324. The van der Waals surface area contributed by atoms with Gasteiger partial charge in [0.05, 0.1) is 17.8 Å². The molecule has 0 radical (unpaired) electrons. The van der Waals surface area contributed by atoms with E-state index in [-0.39, 0.29) is 11.8 Å². The van der Waals surface area contributed by atoms with Gasteiger partial charge in [-0.2, -0.15) is 0 Å². The molecule has 0 aliphatic carbocycles. The van der Waals surface area contributed by atoms with E-state index in [0.717, 1.165) is 32.5 Å². The molecule has 4 rings (SSSR count). The van der Waals surface area contributed by atoms with Crippen LogP contribution in [0.15, 0.2) is 73.1 Å². The van der Waals surface area contributed by atoms with Gasteiger partial charge in [-0.3, -0.25) is 14.7 Å². The Bertz CT molecular complexity index is 990. The van der Waals surface area contributed by atoms with Crippen LogP contribution in [0, 0.1) is 12.8 Å². The molecule has 2 heterocycles. The summed E-state index contributed by atoms with van der Waals surface area (Å²) >= 11 is 0. The Morgan fingerprint density at radius 1 is 1.17 bits per heavy atom. The number of rotatable bonds is 6. The lowest BCUT2D eigenvalue weighted by Crippen LogP contribution is -2.40. The zero-order valence-corrected chi connectivity index (χ0v) is 17.3. The van der Waals surface area contributed by atoms with Crippen LogP contribution in [0.4, 0.5) is 5.69 Å². The fourth-order valence-corrected chi connectivity index (χ4v) is 3.91. The number of aromatic nitrogens is 1. The van der Waals surface area contributed by atoms with Crippen molar-refractivity contribution in [1.82, 2.24) is 9.88 Å². The van der Waals surface area contributed by atoms with E-state index in [9.17, 15) is 4.79 Å². The van der Waals surface area contributed by atoms with Gasteiger partial charge in [0.25, 0.3) is 0 Å². The van der Waals surface area contributed by atoms with Crippen molar-refractivity contribution in [3.05, 3.63) is 84.2 Å². The first-order valence-electron chi connectivity index (χ1n) is 10.4. The standard InChI is InChI=1S/C25H27N3O2/c1-19-7-4-8-20(15-19)17-28-14-6-9-21(18-28)25(29)27-23-11-2-3-12-24(23)30-22-10-5-13-26-16-22/h2-5,7-8,10-13,15-16,21H,6,9,14,17-18H2,1H3,(H,27,29)/t21-/m0/s1. The van der Waals surface area contributed by atoms with Gasteiger partial charge < -0.3 is 10.1 Å². The molecule has 0 bridgehead atoms. The quantitative estimate of drug-likeness (QED) is 0.629. The van der Waals surface area contributed by atoms with Crippen molar-refractivity contribution in [2.24, 2.45) is 5.92 Å². The number of likely N-dealkylation sites (tertiary alicyclic amines) is 1. The number of nitrogens with one attached hydrogen (secondary N) is 1. The molecule has 1 aliphatic rings. The Balaban J connectivity index is 1.40. The summed E-state index contributed by atoms with van der Waals surface area (Å²) in [4.78, 5) is 19.5. The van der Waals surface area contributed by atoms with Gasteiger partial charge in [0, 0.05) is 19.3 Å². The molecule has 0 unspecified atom stereocenters. The third-order valence-electron chi connectivity index (χ3n) is 5.37. The SMILES string of the molecule is Cc1cccc(CN2CCC[C@H](C(=O)Nc3ccccc3Oc3cccnc3)C2)c1. The van der Waals surface area contributed by atoms with Crippen molar-refractivity contribution in [3.63, 3.8) is 0 Å². The molecular weight excluding hydrogens is 374 g/mol. The van der Waals surface area contributed by atoms with Gasteiger partial charge in [0.1, 0.15) is 5.75 Å². The van der Waals surface area contributed by atoms with Crippen LogP contribution in [0.25, 0.3) is 0 Å². The molecule has 3 aromatic rings. The van der Waals surface area contributed by atoms with Crippen LogP contribution in [0.5, 0.6) is 11.5 Å². The minimum absolute atomic E-state index is 0.0324. The van der Waals surface area contributed by atoms with Crippen LogP contribution < -0.4 is 10.1 Å². The minimum Gasteiger partial charge on any atom is -0.454 e. The lowest BCUT2D eigenvalue weighted by atomic mass is 9.96. The van der Waals surface area contributed by atoms with E-state index >= 15 is 0 Å². The number of carbonyl (C=O) groups excluding carboxylic acids is 1. The second-order valence-corrected chi connectivity index (χ2v) is 7.84.